The van der Waals surface area contributed by atoms with Crippen molar-refractivity contribution < 1.29 is 4.39 Å². The van der Waals surface area contributed by atoms with Gasteiger partial charge in [-0.3, -0.25) is 4.98 Å². The van der Waals surface area contributed by atoms with Crippen LogP contribution in [0.15, 0.2) is 18.3 Å². The van der Waals surface area contributed by atoms with Gasteiger partial charge in [0.1, 0.15) is 5.67 Å². The predicted molar refractivity (Wildman–Crippen MR) is 69.7 cm³/mol. The van der Waals surface area contributed by atoms with Crippen LogP contribution in [-0.2, 0) is 12.8 Å². The molecule has 0 aromatic carbocycles. The predicted octanol–water partition coefficient (Wildman–Crippen LogP) is 2.90. The summed E-state index contributed by atoms with van der Waals surface area (Å²) in [5.74, 6) is 0. The lowest BCUT2D eigenvalue weighted by molar-refractivity contribution is 0.0373. The fraction of sp³-hybridized carbons (Fsp3) is 0.643. The van der Waals surface area contributed by atoms with E-state index in [9.17, 15) is 4.39 Å². The summed E-state index contributed by atoms with van der Waals surface area (Å²) >= 11 is 0. The van der Waals surface area contributed by atoms with Gasteiger partial charge in [-0.05, 0) is 23.5 Å². The van der Waals surface area contributed by atoms with Gasteiger partial charge in [-0.2, -0.15) is 0 Å². The van der Waals surface area contributed by atoms with E-state index in [4.69, 9.17) is 5.73 Å². The third kappa shape index (κ3) is 3.25. The standard InChI is InChI=1S/C14H23FN2/c1-5-11-6-7-12(17-9-11)8-14(15,10-16)13(2,3)4/h6-7,9H,5,8,10,16H2,1-4H3. The number of alkyl halides is 1. The molecule has 0 aliphatic carbocycles. The highest BCUT2D eigenvalue weighted by molar-refractivity contribution is 5.16. The van der Waals surface area contributed by atoms with Crippen LogP contribution in [-0.4, -0.2) is 17.2 Å². The van der Waals surface area contributed by atoms with E-state index in [1.165, 1.54) is 5.56 Å². The average molecular weight is 238 g/mol. The Bertz CT molecular complexity index is 353. The molecule has 17 heavy (non-hydrogen) atoms. The summed E-state index contributed by atoms with van der Waals surface area (Å²) in [6.07, 6.45) is 3.04. The van der Waals surface area contributed by atoms with Crippen LogP contribution >= 0.6 is 0 Å². The highest BCUT2D eigenvalue weighted by Crippen LogP contribution is 2.35. The molecule has 96 valence electrons. The fourth-order valence-electron chi connectivity index (χ4n) is 1.70. The lowest BCUT2D eigenvalue weighted by atomic mass is 9.75. The second-order valence-corrected chi connectivity index (χ2v) is 5.61. The topological polar surface area (TPSA) is 38.9 Å². The first-order valence-electron chi connectivity index (χ1n) is 6.15. The molecule has 0 bridgehead atoms. The third-order valence-corrected chi connectivity index (χ3v) is 3.42. The van der Waals surface area contributed by atoms with Crippen LogP contribution in [0.5, 0.6) is 0 Å². The van der Waals surface area contributed by atoms with Crippen molar-refractivity contribution in [2.24, 2.45) is 11.1 Å². The molecule has 1 heterocycles. The minimum absolute atomic E-state index is 0.0215. The number of hydrogen-bond donors (Lipinski definition) is 1. The minimum Gasteiger partial charge on any atom is -0.327 e. The van der Waals surface area contributed by atoms with E-state index in [2.05, 4.69) is 11.9 Å². The highest BCUT2D eigenvalue weighted by Gasteiger charge is 2.41. The molecule has 1 atom stereocenters. The molecule has 0 aliphatic rings. The van der Waals surface area contributed by atoms with Crippen molar-refractivity contribution in [3.63, 3.8) is 0 Å². The molecule has 2 nitrogen and oxygen atoms in total. The lowest BCUT2D eigenvalue weighted by Crippen LogP contribution is -2.47. The smallest absolute Gasteiger partial charge is 0.133 e. The fourth-order valence-corrected chi connectivity index (χ4v) is 1.70. The average Bonchev–Trinajstić information content (AvgIpc) is 2.28. The molecule has 3 heteroatoms. The zero-order valence-electron chi connectivity index (χ0n) is 11.3. The van der Waals surface area contributed by atoms with Gasteiger partial charge in [-0.1, -0.05) is 33.8 Å². The Morgan fingerprint density at radius 2 is 1.94 bits per heavy atom. The van der Waals surface area contributed by atoms with Gasteiger partial charge < -0.3 is 5.73 Å². The van der Waals surface area contributed by atoms with Crippen LogP contribution in [0, 0.1) is 5.41 Å². The number of pyridine rings is 1. The Morgan fingerprint density at radius 1 is 1.29 bits per heavy atom. The monoisotopic (exact) mass is 238 g/mol. The third-order valence-electron chi connectivity index (χ3n) is 3.42. The zero-order chi connectivity index (χ0) is 13.1. The van der Waals surface area contributed by atoms with E-state index in [0.717, 1.165) is 12.1 Å². The van der Waals surface area contributed by atoms with Gasteiger partial charge in [-0.25, -0.2) is 4.39 Å². The van der Waals surface area contributed by atoms with E-state index in [1.54, 1.807) is 0 Å². The second kappa shape index (κ2) is 5.13. The Morgan fingerprint density at radius 3 is 2.29 bits per heavy atom. The maximum absolute atomic E-state index is 14.7. The van der Waals surface area contributed by atoms with Crippen LogP contribution in [0.4, 0.5) is 4.39 Å². The lowest BCUT2D eigenvalue weighted by Gasteiger charge is -2.36. The van der Waals surface area contributed by atoms with Gasteiger partial charge in [0.15, 0.2) is 0 Å². The molecule has 0 fully saturated rings. The van der Waals surface area contributed by atoms with Crippen LogP contribution in [0.2, 0.25) is 0 Å². The summed E-state index contributed by atoms with van der Waals surface area (Å²) in [7, 11) is 0. The van der Waals surface area contributed by atoms with E-state index >= 15 is 0 Å². The van der Waals surface area contributed by atoms with Crippen LogP contribution in [0.1, 0.15) is 39.0 Å². The van der Waals surface area contributed by atoms with Gasteiger partial charge in [-0.15, -0.1) is 0 Å². The number of rotatable bonds is 4. The van der Waals surface area contributed by atoms with Crippen molar-refractivity contribution in [3.8, 4) is 0 Å². The molecule has 1 unspecified atom stereocenters. The van der Waals surface area contributed by atoms with Gasteiger partial charge >= 0.3 is 0 Å². The largest absolute Gasteiger partial charge is 0.327 e. The van der Waals surface area contributed by atoms with Crippen LogP contribution in [0.25, 0.3) is 0 Å². The molecule has 0 saturated carbocycles. The first-order valence-corrected chi connectivity index (χ1v) is 6.15. The van der Waals surface area contributed by atoms with Crippen molar-refractivity contribution in [2.75, 3.05) is 6.54 Å². The highest BCUT2D eigenvalue weighted by atomic mass is 19.1. The summed E-state index contributed by atoms with van der Waals surface area (Å²) in [6, 6.07) is 3.90. The van der Waals surface area contributed by atoms with E-state index in [-0.39, 0.29) is 13.0 Å². The van der Waals surface area contributed by atoms with Crippen LogP contribution in [0.3, 0.4) is 0 Å². The summed E-state index contributed by atoms with van der Waals surface area (Å²) in [6.45, 7) is 7.72. The van der Waals surface area contributed by atoms with Gasteiger partial charge in [0, 0.05) is 24.9 Å². The summed E-state index contributed by atoms with van der Waals surface area (Å²) in [4.78, 5) is 4.30. The van der Waals surface area contributed by atoms with E-state index < -0.39 is 11.1 Å². The molecule has 1 aromatic rings. The molecule has 0 saturated heterocycles. The molecular formula is C14H23FN2. The Kier molecular flexibility index (Phi) is 4.26. The zero-order valence-corrected chi connectivity index (χ0v) is 11.3. The molecule has 1 aromatic heterocycles. The molecule has 0 radical (unpaired) electrons. The minimum atomic E-state index is -1.41. The quantitative estimate of drug-likeness (QED) is 0.876. The Balaban J connectivity index is 2.87. The molecular weight excluding hydrogens is 215 g/mol. The first-order chi connectivity index (χ1) is 7.82. The van der Waals surface area contributed by atoms with E-state index in [1.807, 2.05) is 39.1 Å². The summed E-state index contributed by atoms with van der Waals surface area (Å²) in [5, 5.41) is 0. The van der Waals surface area contributed by atoms with Crippen LogP contribution < -0.4 is 5.73 Å². The summed E-state index contributed by atoms with van der Waals surface area (Å²) in [5.41, 5.74) is 5.64. The Hall–Kier alpha value is -0.960. The Labute approximate surface area is 103 Å². The van der Waals surface area contributed by atoms with Crippen molar-refractivity contribution >= 4 is 0 Å². The number of aryl methyl sites for hydroxylation is 1. The number of aromatic nitrogens is 1. The molecule has 0 amide bonds. The van der Waals surface area contributed by atoms with Crippen molar-refractivity contribution in [1.82, 2.24) is 4.98 Å². The normalized spacial score (nSPS) is 15.6. The molecule has 2 N–H and O–H groups in total. The van der Waals surface area contributed by atoms with Crippen molar-refractivity contribution in [1.29, 1.82) is 0 Å². The van der Waals surface area contributed by atoms with Crippen molar-refractivity contribution in [2.45, 2.75) is 46.2 Å². The van der Waals surface area contributed by atoms with E-state index in [0.29, 0.717) is 0 Å². The second-order valence-electron chi connectivity index (χ2n) is 5.61. The van der Waals surface area contributed by atoms with Gasteiger partial charge in [0.05, 0.1) is 0 Å². The van der Waals surface area contributed by atoms with Gasteiger partial charge in [0.2, 0.25) is 0 Å². The SMILES string of the molecule is CCc1ccc(CC(F)(CN)C(C)(C)C)nc1. The number of nitrogens with zero attached hydrogens (tertiary/aromatic N) is 1. The summed E-state index contributed by atoms with van der Waals surface area (Å²) < 4.78 is 14.7. The molecule has 0 spiro atoms. The number of halogens is 1. The maximum atomic E-state index is 14.7. The van der Waals surface area contributed by atoms with Gasteiger partial charge in [0.25, 0.3) is 0 Å². The molecule has 1 rings (SSSR count). The van der Waals surface area contributed by atoms with Crippen molar-refractivity contribution in [3.05, 3.63) is 29.6 Å². The first kappa shape index (κ1) is 14.1. The molecule has 0 aliphatic heterocycles. The number of hydrogen-bond acceptors (Lipinski definition) is 2. The number of nitrogens with two attached hydrogens (primary N) is 1. The maximum Gasteiger partial charge on any atom is 0.133 e.